The van der Waals surface area contributed by atoms with Gasteiger partial charge in [-0.3, -0.25) is 4.79 Å². The van der Waals surface area contributed by atoms with Gasteiger partial charge in [0.1, 0.15) is 0 Å². The molecule has 0 radical (unpaired) electrons. The maximum atomic E-state index is 11.8. The van der Waals surface area contributed by atoms with Crippen molar-refractivity contribution in [2.75, 3.05) is 0 Å². The SMILES string of the molecule is CC1CCc2c(cc(CN)c(=O)n2C)C1. The summed E-state index contributed by atoms with van der Waals surface area (Å²) >= 11 is 0. The van der Waals surface area contributed by atoms with Gasteiger partial charge in [0.05, 0.1) is 0 Å². The second kappa shape index (κ2) is 3.81. The highest BCUT2D eigenvalue weighted by Gasteiger charge is 2.19. The van der Waals surface area contributed by atoms with E-state index in [1.165, 1.54) is 17.7 Å². The Kier molecular flexibility index (Phi) is 2.65. The lowest BCUT2D eigenvalue weighted by molar-refractivity contribution is 0.479. The maximum Gasteiger partial charge on any atom is 0.254 e. The average Bonchev–Trinajstić information content (AvgIpc) is 2.23. The molecular weight excluding hydrogens is 188 g/mol. The van der Waals surface area contributed by atoms with Crippen molar-refractivity contribution >= 4 is 0 Å². The number of rotatable bonds is 1. The quantitative estimate of drug-likeness (QED) is 0.744. The van der Waals surface area contributed by atoms with E-state index in [4.69, 9.17) is 5.73 Å². The number of aromatic nitrogens is 1. The fourth-order valence-corrected chi connectivity index (χ4v) is 2.42. The Hall–Kier alpha value is -1.09. The van der Waals surface area contributed by atoms with Crippen molar-refractivity contribution in [3.63, 3.8) is 0 Å². The van der Waals surface area contributed by atoms with Crippen LogP contribution in [0.4, 0.5) is 0 Å². The summed E-state index contributed by atoms with van der Waals surface area (Å²) in [6.07, 6.45) is 3.28. The number of fused-ring (bicyclic) bond motifs is 1. The predicted octanol–water partition coefficient (Wildman–Crippen LogP) is 0.969. The van der Waals surface area contributed by atoms with Crippen molar-refractivity contribution < 1.29 is 0 Å². The van der Waals surface area contributed by atoms with Crippen LogP contribution in [-0.4, -0.2) is 4.57 Å². The van der Waals surface area contributed by atoms with E-state index in [-0.39, 0.29) is 5.56 Å². The van der Waals surface area contributed by atoms with Gasteiger partial charge in [0, 0.05) is 24.8 Å². The Bertz CT molecular complexity index is 434. The summed E-state index contributed by atoms with van der Waals surface area (Å²) in [5, 5.41) is 0. The summed E-state index contributed by atoms with van der Waals surface area (Å²) < 4.78 is 1.78. The normalized spacial score (nSPS) is 20.1. The third-order valence-electron chi connectivity index (χ3n) is 3.37. The van der Waals surface area contributed by atoms with Crippen LogP contribution in [0.2, 0.25) is 0 Å². The molecule has 1 aliphatic rings. The van der Waals surface area contributed by atoms with Gasteiger partial charge in [-0.2, -0.15) is 0 Å². The summed E-state index contributed by atoms with van der Waals surface area (Å²) in [6, 6.07) is 2.01. The summed E-state index contributed by atoms with van der Waals surface area (Å²) in [6.45, 7) is 2.60. The van der Waals surface area contributed by atoms with Crippen LogP contribution >= 0.6 is 0 Å². The molecule has 15 heavy (non-hydrogen) atoms. The first-order chi connectivity index (χ1) is 7.13. The van der Waals surface area contributed by atoms with Gasteiger partial charge in [-0.05, 0) is 36.8 Å². The standard InChI is InChI=1S/C12H18N2O/c1-8-3-4-11-9(5-8)6-10(7-13)12(15)14(11)2/h6,8H,3-5,7,13H2,1-2H3. The highest BCUT2D eigenvalue weighted by molar-refractivity contribution is 5.29. The zero-order valence-electron chi connectivity index (χ0n) is 9.42. The highest BCUT2D eigenvalue weighted by Crippen LogP contribution is 2.24. The van der Waals surface area contributed by atoms with Crippen molar-refractivity contribution in [1.82, 2.24) is 4.57 Å². The van der Waals surface area contributed by atoms with Gasteiger partial charge >= 0.3 is 0 Å². The minimum Gasteiger partial charge on any atom is -0.326 e. The van der Waals surface area contributed by atoms with Crippen molar-refractivity contribution in [3.05, 3.63) is 33.2 Å². The van der Waals surface area contributed by atoms with E-state index in [2.05, 4.69) is 6.92 Å². The molecule has 0 saturated carbocycles. The second-order valence-corrected chi connectivity index (χ2v) is 4.56. The molecule has 3 nitrogen and oxygen atoms in total. The van der Waals surface area contributed by atoms with Crippen LogP contribution in [0.3, 0.4) is 0 Å². The first-order valence-corrected chi connectivity index (χ1v) is 5.54. The lowest BCUT2D eigenvalue weighted by Gasteiger charge is -2.24. The molecule has 0 spiro atoms. The molecule has 82 valence electrons. The van der Waals surface area contributed by atoms with Gasteiger partial charge in [-0.25, -0.2) is 0 Å². The monoisotopic (exact) mass is 206 g/mol. The highest BCUT2D eigenvalue weighted by atomic mass is 16.1. The zero-order chi connectivity index (χ0) is 11.0. The van der Waals surface area contributed by atoms with E-state index in [0.29, 0.717) is 6.54 Å². The van der Waals surface area contributed by atoms with Crippen LogP contribution in [-0.2, 0) is 26.4 Å². The predicted molar refractivity (Wildman–Crippen MR) is 60.8 cm³/mol. The number of nitrogens with zero attached hydrogens (tertiary/aromatic N) is 1. The van der Waals surface area contributed by atoms with Crippen molar-refractivity contribution in [1.29, 1.82) is 0 Å². The Morgan fingerprint density at radius 2 is 2.33 bits per heavy atom. The van der Waals surface area contributed by atoms with Gasteiger partial charge in [0.2, 0.25) is 0 Å². The van der Waals surface area contributed by atoms with Crippen LogP contribution in [0, 0.1) is 5.92 Å². The molecule has 1 heterocycles. The third-order valence-corrected chi connectivity index (χ3v) is 3.37. The molecule has 0 fully saturated rings. The molecule has 0 aliphatic heterocycles. The van der Waals surface area contributed by atoms with Gasteiger partial charge < -0.3 is 10.3 Å². The van der Waals surface area contributed by atoms with Crippen LogP contribution < -0.4 is 11.3 Å². The molecule has 0 bridgehead atoms. The Labute approximate surface area is 89.9 Å². The first kappa shape index (κ1) is 10.4. The average molecular weight is 206 g/mol. The molecule has 0 saturated heterocycles. The fourth-order valence-electron chi connectivity index (χ4n) is 2.42. The number of hydrogen-bond donors (Lipinski definition) is 1. The van der Waals surface area contributed by atoms with Crippen LogP contribution in [0.5, 0.6) is 0 Å². The molecule has 2 N–H and O–H groups in total. The molecule has 3 heteroatoms. The van der Waals surface area contributed by atoms with Crippen molar-refractivity contribution in [3.8, 4) is 0 Å². The van der Waals surface area contributed by atoms with E-state index in [1.807, 2.05) is 13.1 Å². The van der Waals surface area contributed by atoms with E-state index >= 15 is 0 Å². The van der Waals surface area contributed by atoms with Crippen LogP contribution in [0.1, 0.15) is 30.2 Å². The molecule has 0 aromatic carbocycles. The number of pyridine rings is 1. The molecule has 0 amide bonds. The largest absolute Gasteiger partial charge is 0.326 e. The Morgan fingerprint density at radius 1 is 1.60 bits per heavy atom. The molecular formula is C12H18N2O. The van der Waals surface area contributed by atoms with Crippen LogP contribution in [0.15, 0.2) is 10.9 Å². The number of hydrogen-bond acceptors (Lipinski definition) is 2. The zero-order valence-corrected chi connectivity index (χ0v) is 9.42. The topological polar surface area (TPSA) is 48.0 Å². The van der Waals surface area contributed by atoms with Gasteiger partial charge in [-0.15, -0.1) is 0 Å². The lowest BCUT2D eigenvalue weighted by Crippen LogP contribution is -2.29. The Balaban J connectivity index is 2.58. The molecule has 2 rings (SSSR count). The van der Waals surface area contributed by atoms with E-state index in [9.17, 15) is 4.79 Å². The third kappa shape index (κ3) is 1.72. The molecule has 1 aromatic heterocycles. The van der Waals surface area contributed by atoms with E-state index < -0.39 is 0 Å². The minimum absolute atomic E-state index is 0.0748. The summed E-state index contributed by atoms with van der Waals surface area (Å²) in [5.41, 5.74) is 8.91. The Morgan fingerprint density at radius 3 is 3.00 bits per heavy atom. The lowest BCUT2D eigenvalue weighted by atomic mass is 9.87. The molecule has 1 aromatic rings. The van der Waals surface area contributed by atoms with E-state index in [0.717, 1.165) is 24.3 Å². The molecule has 1 atom stereocenters. The summed E-state index contributed by atoms with van der Waals surface area (Å²) in [4.78, 5) is 11.8. The van der Waals surface area contributed by atoms with Gasteiger partial charge in [0.25, 0.3) is 5.56 Å². The number of nitrogens with two attached hydrogens (primary N) is 1. The first-order valence-electron chi connectivity index (χ1n) is 5.54. The van der Waals surface area contributed by atoms with Crippen molar-refractivity contribution in [2.24, 2.45) is 18.7 Å². The summed E-state index contributed by atoms with van der Waals surface area (Å²) in [7, 11) is 1.86. The molecule has 1 aliphatic carbocycles. The smallest absolute Gasteiger partial charge is 0.254 e. The maximum absolute atomic E-state index is 11.8. The second-order valence-electron chi connectivity index (χ2n) is 4.56. The van der Waals surface area contributed by atoms with E-state index in [1.54, 1.807) is 4.57 Å². The van der Waals surface area contributed by atoms with Gasteiger partial charge in [0.15, 0.2) is 0 Å². The van der Waals surface area contributed by atoms with Crippen LogP contribution in [0.25, 0.3) is 0 Å². The fraction of sp³-hybridized carbons (Fsp3) is 0.583. The summed E-state index contributed by atoms with van der Waals surface area (Å²) in [5.74, 6) is 0.723. The van der Waals surface area contributed by atoms with Gasteiger partial charge in [-0.1, -0.05) is 6.92 Å². The molecule has 1 unspecified atom stereocenters. The minimum atomic E-state index is 0.0748. The van der Waals surface area contributed by atoms with Crippen molar-refractivity contribution in [2.45, 2.75) is 32.7 Å².